The Morgan fingerprint density at radius 1 is 1.24 bits per heavy atom. The quantitative estimate of drug-likeness (QED) is 0.866. The van der Waals surface area contributed by atoms with Crippen LogP contribution in [0.3, 0.4) is 0 Å². The smallest absolute Gasteiger partial charge is 0.251 e. The van der Waals surface area contributed by atoms with E-state index in [0.29, 0.717) is 6.54 Å². The Balaban J connectivity index is 2.09. The van der Waals surface area contributed by atoms with Crippen molar-refractivity contribution in [3.05, 3.63) is 35.9 Å². The third-order valence-corrected chi connectivity index (χ3v) is 4.78. The SMILES string of the molecule is CCC1(CC)CN(CC(F)F)C(Cc2ccccc2)CN1. The summed E-state index contributed by atoms with van der Waals surface area (Å²) in [4.78, 5) is 1.99. The molecule has 0 aliphatic carbocycles. The molecule has 0 radical (unpaired) electrons. The second-order valence-corrected chi connectivity index (χ2v) is 6.03. The van der Waals surface area contributed by atoms with Crippen molar-refractivity contribution in [1.29, 1.82) is 0 Å². The van der Waals surface area contributed by atoms with Gasteiger partial charge in [-0.05, 0) is 24.8 Å². The largest absolute Gasteiger partial charge is 0.308 e. The van der Waals surface area contributed by atoms with E-state index in [-0.39, 0.29) is 18.1 Å². The van der Waals surface area contributed by atoms with Crippen LogP contribution in [0.2, 0.25) is 0 Å². The van der Waals surface area contributed by atoms with Gasteiger partial charge in [0.05, 0.1) is 6.54 Å². The third-order valence-electron chi connectivity index (χ3n) is 4.78. The molecule has 1 aromatic rings. The topological polar surface area (TPSA) is 15.3 Å². The minimum atomic E-state index is -2.27. The maximum absolute atomic E-state index is 12.9. The van der Waals surface area contributed by atoms with Crippen molar-refractivity contribution in [2.75, 3.05) is 19.6 Å². The fourth-order valence-corrected chi connectivity index (χ4v) is 3.24. The summed E-state index contributed by atoms with van der Waals surface area (Å²) in [7, 11) is 0. The van der Waals surface area contributed by atoms with Crippen LogP contribution < -0.4 is 5.32 Å². The maximum Gasteiger partial charge on any atom is 0.251 e. The van der Waals surface area contributed by atoms with E-state index in [1.54, 1.807) is 0 Å². The Morgan fingerprint density at radius 3 is 2.48 bits per heavy atom. The van der Waals surface area contributed by atoms with Crippen LogP contribution in [-0.2, 0) is 6.42 Å². The third kappa shape index (κ3) is 4.24. The predicted octanol–water partition coefficient (Wildman–Crippen LogP) is 3.33. The lowest BCUT2D eigenvalue weighted by atomic mass is 9.87. The summed E-state index contributed by atoms with van der Waals surface area (Å²) in [5, 5.41) is 3.62. The molecule has 1 aromatic carbocycles. The van der Waals surface area contributed by atoms with Crippen molar-refractivity contribution in [2.24, 2.45) is 0 Å². The van der Waals surface area contributed by atoms with Gasteiger partial charge in [-0.2, -0.15) is 0 Å². The summed E-state index contributed by atoms with van der Waals surface area (Å²) in [5.41, 5.74) is 1.20. The molecular weight excluding hydrogens is 270 g/mol. The van der Waals surface area contributed by atoms with Gasteiger partial charge in [0.2, 0.25) is 0 Å². The van der Waals surface area contributed by atoms with Crippen molar-refractivity contribution in [3.8, 4) is 0 Å². The molecule has 1 N–H and O–H groups in total. The predicted molar refractivity (Wildman–Crippen MR) is 82.8 cm³/mol. The van der Waals surface area contributed by atoms with Gasteiger partial charge in [-0.1, -0.05) is 44.2 Å². The Kier molecular flexibility index (Phi) is 5.71. The van der Waals surface area contributed by atoms with Gasteiger partial charge in [-0.25, -0.2) is 8.78 Å². The Morgan fingerprint density at radius 2 is 1.90 bits per heavy atom. The fraction of sp³-hybridized carbons (Fsp3) is 0.647. The first-order valence-corrected chi connectivity index (χ1v) is 7.89. The fourth-order valence-electron chi connectivity index (χ4n) is 3.24. The van der Waals surface area contributed by atoms with Gasteiger partial charge in [-0.15, -0.1) is 0 Å². The number of alkyl halides is 2. The highest BCUT2D eigenvalue weighted by molar-refractivity contribution is 5.16. The number of rotatable bonds is 6. The molecular formula is C17H26F2N2. The van der Waals surface area contributed by atoms with Crippen LogP contribution in [0, 0.1) is 0 Å². The first kappa shape index (κ1) is 16.4. The Labute approximate surface area is 126 Å². The number of hydrogen-bond donors (Lipinski definition) is 1. The standard InChI is InChI=1S/C17H26F2N2/c1-3-17(4-2)13-21(12-16(18)19)15(11-20-17)10-14-8-6-5-7-9-14/h5-9,15-16,20H,3-4,10-13H2,1-2H3. The number of nitrogens with zero attached hydrogens (tertiary/aromatic N) is 1. The van der Waals surface area contributed by atoms with Crippen LogP contribution in [-0.4, -0.2) is 42.5 Å². The molecule has 1 aliphatic rings. The lowest BCUT2D eigenvalue weighted by molar-refractivity contribution is 0.0173. The van der Waals surface area contributed by atoms with E-state index in [2.05, 4.69) is 31.3 Å². The highest BCUT2D eigenvalue weighted by Gasteiger charge is 2.37. The van der Waals surface area contributed by atoms with Gasteiger partial charge in [0.25, 0.3) is 6.43 Å². The summed E-state index contributed by atoms with van der Waals surface area (Å²) in [5.74, 6) is 0. The van der Waals surface area contributed by atoms with E-state index in [4.69, 9.17) is 0 Å². The molecule has 0 aromatic heterocycles. The summed E-state index contributed by atoms with van der Waals surface area (Å²) < 4.78 is 25.9. The van der Waals surface area contributed by atoms with E-state index in [0.717, 1.165) is 25.8 Å². The van der Waals surface area contributed by atoms with Crippen LogP contribution in [0.5, 0.6) is 0 Å². The second-order valence-electron chi connectivity index (χ2n) is 6.03. The van der Waals surface area contributed by atoms with Gasteiger partial charge in [0.1, 0.15) is 0 Å². The first-order valence-electron chi connectivity index (χ1n) is 7.89. The maximum atomic E-state index is 12.9. The average Bonchev–Trinajstić information content (AvgIpc) is 2.50. The zero-order chi connectivity index (χ0) is 15.3. The average molecular weight is 296 g/mol. The first-order chi connectivity index (χ1) is 10.1. The molecule has 2 nitrogen and oxygen atoms in total. The molecule has 21 heavy (non-hydrogen) atoms. The van der Waals surface area contributed by atoms with Gasteiger partial charge in [0.15, 0.2) is 0 Å². The number of halogens is 2. The molecule has 0 bridgehead atoms. The van der Waals surface area contributed by atoms with Gasteiger partial charge in [0, 0.05) is 24.7 Å². The molecule has 1 atom stereocenters. The zero-order valence-electron chi connectivity index (χ0n) is 13.0. The van der Waals surface area contributed by atoms with Gasteiger partial charge < -0.3 is 5.32 Å². The monoisotopic (exact) mass is 296 g/mol. The number of piperazine rings is 1. The lowest BCUT2D eigenvalue weighted by Gasteiger charge is -2.47. The molecule has 4 heteroatoms. The number of nitrogens with one attached hydrogen (secondary N) is 1. The van der Waals surface area contributed by atoms with E-state index in [9.17, 15) is 8.78 Å². The van der Waals surface area contributed by atoms with Crippen LogP contribution in [0.1, 0.15) is 32.3 Å². The Hall–Kier alpha value is -1.00. The molecule has 1 fully saturated rings. The number of hydrogen-bond acceptors (Lipinski definition) is 2. The normalized spacial score (nSPS) is 22.6. The van der Waals surface area contributed by atoms with Gasteiger partial charge in [-0.3, -0.25) is 4.90 Å². The van der Waals surface area contributed by atoms with Crippen molar-refractivity contribution < 1.29 is 8.78 Å². The van der Waals surface area contributed by atoms with Crippen LogP contribution in [0.4, 0.5) is 8.78 Å². The molecule has 0 amide bonds. The highest BCUT2D eigenvalue weighted by Crippen LogP contribution is 2.25. The lowest BCUT2D eigenvalue weighted by Crippen LogP contribution is -2.64. The minimum absolute atomic E-state index is 0.0118. The molecule has 0 spiro atoms. The molecule has 1 saturated heterocycles. The van der Waals surface area contributed by atoms with Crippen LogP contribution in [0.25, 0.3) is 0 Å². The van der Waals surface area contributed by atoms with E-state index in [1.807, 2.05) is 23.1 Å². The summed E-state index contributed by atoms with van der Waals surface area (Å²) in [6, 6.07) is 10.3. The number of benzene rings is 1. The summed E-state index contributed by atoms with van der Waals surface area (Å²) >= 11 is 0. The van der Waals surface area contributed by atoms with Crippen molar-refractivity contribution >= 4 is 0 Å². The van der Waals surface area contributed by atoms with Crippen LogP contribution >= 0.6 is 0 Å². The van der Waals surface area contributed by atoms with Crippen LogP contribution in [0.15, 0.2) is 30.3 Å². The second kappa shape index (κ2) is 7.32. The van der Waals surface area contributed by atoms with E-state index in [1.165, 1.54) is 5.56 Å². The molecule has 1 heterocycles. The minimum Gasteiger partial charge on any atom is -0.308 e. The van der Waals surface area contributed by atoms with Crippen molar-refractivity contribution in [2.45, 2.75) is 51.1 Å². The molecule has 2 rings (SSSR count). The summed E-state index contributed by atoms with van der Waals surface area (Å²) in [6.07, 6.45) is 0.500. The molecule has 0 saturated carbocycles. The highest BCUT2D eigenvalue weighted by atomic mass is 19.3. The molecule has 1 unspecified atom stereocenters. The zero-order valence-corrected chi connectivity index (χ0v) is 13.0. The van der Waals surface area contributed by atoms with Crippen molar-refractivity contribution in [3.63, 3.8) is 0 Å². The Bertz CT molecular complexity index is 418. The molecule has 1 aliphatic heterocycles. The van der Waals surface area contributed by atoms with E-state index < -0.39 is 6.43 Å². The summed E-state index contributed by atoms with van der Waals surface area (Å²) in [6.45, 7) is 5.63. The van der Waals surface area contributed by atoms with E-state index >= 15 is 0 Å². The molecule has 118 valence electrons. The van der Waals surface area contributed by atoms with Crippen molar-refractivity contribution in [1.82, 2.24) is 10.2 Å². The van der Waals surface area contributed by atoms with Gasteiger partial charge >= 0.3 is 0 Å².